The second-order valence-corrected chi connectivity index (χ2v) is 9.65. The Kier molecular flexibility index (Phi) is 8.97. The van der Waals surface area contributed by atoms with Crippen molar-refractivity contribution in [3.63, 3.8) is 0 Å². The van der Waals surface area contributed by atoms with Gasteiger partial charge in [0.1, 0.15) is 11.4 Å². The summed E-state index contributed by atoms with van der Waals surface area (Å²) in [6.07, 6.45) is 3.51. The highest BCUT2D eigenvalue weighted by Gasteiger charge is 2.18. The van der Waals surface area contributed by atoms with E-state index in [4.69, 9.17) is 15.5 Å². The van der Waals surface area contributed by atoms with E-state index < -0.39 is 5.91 Å². The van der Waals surface area contributed by atoms with Crippen LogP contribution in [0.4, 0.5) is 5.69 Å². The standard InChI is InChI=1S/C30H37N5O3/c1-4-5-15-38-28-13-9-21(3)33-26(28)19-35-27-17-22(10-12-24(27)34-30(35)29(31)37)18-32-25-16-20(2)8-11-23(25)7-6-14-36/h8-13,16-17,32,36H,4-7,14-15,18-19H2,1-3H3,(H2,31,37). The Labute approximate surface area is 223 Å². The number of nitrogens with one attached hydrogen (secondary N) is 1. The van der Waals surface area contributed by atoms with Crippen molar-refractivity contribution in [1.29, 1.82) is 0 Å². The zero-order valence-corrected chi connectivity index (χ0v) is 22.5. The maximum atomic E-state index is 12.4. The molecule has 2 aromatic carbocycles. The van der Waals surface area contributed by atoms with Gasteiger partial charge >= 0.3 is 0 Å². The quantitative estimate of drug-likeness (QED) is 0.218. The van der Waals surface area contributed by atoms with Gasteiger partial charge in [0.2, 0.25) is 0 Å². The zero-order valence-electron chi connectivity index (χ0n) is 22.5. The van der Waals surface area contributed by atoms with Crippen LogP contribution in [0, 0.1) is 13.8 Å². The number of imidazole rings is 1. The molecule has 4 aromatic rings. The van der Waals surface area contributed by atoms with Crippen LogP contribution in [0.15, 0.2) is 48.5 Å². The van der Waals surface area contributed by atoms with Crippen LogP contribution in [0.2, 0.25) is 0 Å². The minimum Gasteiger partial charge on any atom is -0.492 e. The van der Waals surface area contributed by atoms with Crippen molar-refractivity contribution in [2.45, 2.75) is 59.5 Å². The number of aliphatic hydroxyl groups excluding tert-OH is 1. The van der Waals surface area contributed by atoms with Gasteiger partial charge in [-0.05, 0) is 80.1 Å². The van der Waals surface area contributed by atoms with Gasteiger partial charge in [-0.2, -0.15) is 0 Å². The molecule has 200 valence electrons. The zero-order chi connectivity index (χ0) is 27.1. The fourth-order valence-corrected chi connectivity index (χ4v) is 4.48. The van der Waals surface area contributed by atoms with Crippen LogP contribution >= 0.6 is 0 Å². The summed E-state index contributed by atoms with van der Waals surface area (Å²) in [5.74, 6) is 0.308. The number of anilines is 1. The number of hydrogen-bond donors (Lipinski definition) is 3. The number of benzene rings is 2. The number of primary amides is 1. The molecule has 38 heavy (non-hydrogen) atoms. The third-order valence-corrected chi connectivity index (χ3v) is 6.52. The summed E-state index contributed by atoms with van der Waals surface area (Å²) in [5, 5.41) is 12.8. The molecule has 2 aromatic heterocycles. The van der Waals surface area contributed by atoms with Crippen molar-refractivity contribution in [3.05, 3.63) is 82.4 Å². The average molecular weight is 516 g/mol. The fraction of sp³-hybridized carbons (Fsp3) is 0.367. The third kappa shape index (κ3) is 6.50. The summed E-state index contributed by atoms with van der Waals surface area (Å²) >= 11 is 0. The Bertz CT molecular complexity index is 1410. The minimum absolute atomic E-state index is 0.164. The second-order valence-electron chi connectivity index (χ2n) is 9.65. The molecule has 0 unspecified atom stereocenters. The number of nitrogens with zero attached hydrogens (tertiary/aromatic N) is 3. The molecule has 0 radical (unpaired) electrons. The number of aryl methyl sites for hydroxylation is 3. The van der Waals surface area contributed by atoms with Crippen molar-refractivity contribution in [3.8, 4) is 5.75 Å². The summed E-state index contributed by atoms with van der Waals surface area (Å²) < 4.78 is 7.84. The van der Waals surface area contributed by atoms with Crippen LogP contribution < -0.4 is 15.8 Å². The molecule has 0 aliphatic heterocycles. The van der Waals surface area contributed by atoms with Crippen LogP contribution in [0.1, 0.15) is 64.9 Å². The van der Waals surface area contributed by atoms with Crippen molar-refractivity contribution >= 4 is 22.6 Å². The predicted octanol–water partition coefficient (Wildman–Crippen LogP) is 4.91. The lowest BCUT2D eigenvalue weighted by Crippen LogP contribution is -2.19. The smallest absolute Gasteiger partial charge is 0.284 e. The number of ether oxygens (including phenoxy) is 1. The average Bonchev–Trinajstić information content (AvgIpc) is 3.26. The highest BCUT2D eigenvalue weighted by Crippen LogP contribution is 2.25. The molecule has 0 atom stereocenters. The summed E-state index contributed by atoms with van der Waals surface area (Å²) in [7, 11) is 0. The lowest BCUT2D eigenvalue weighted by molar-refractivity contribution is 0.0987. The van der Waals surface area contributed by atoms with Crippen molar-refractivity contribution in [2.75, 3.05) is 18.5 Å². The van der Waals surface area contributed by atoms with Crippen LogP contribution in [-0.4, -0.2) is 38.8 Å². The lowest BCUT2D eigenvalue weighted by Gasteiger charge is -2.15. The lowest BCUT2D eigenvalue weighted by atomic mass is 10.0. The van der Waals surface area contributed by atoms with Crippen LogP contribution in [0.5, 0.6) is 5.75 Å². The van der Waals surface area contributed by atoms with Gasteiger partial charge in [0.25, 0.3) is 5.91 Å². The van der Waals surface area contributed by atoms with E-state index in [1.165, 1.54) is 11.1 Å². The first kappa shape index (κ1) is 27.1. The molecule has 0 saturated heterocycles. The summed E-state index contributed by atoms with van der Waals surface area (Å²) in [4.78, 5) is 21.6. The van der Waals surface area contributed by atoms with E-state index in [1.807, 2.05) is 41.8 Å². The molecule has 0 aliphatic carbocycles. The third-order valence-electron chi connectivity index (χ3n) is 6.52. The fourth-order valence-electron chi connectivity index (χ4n) is 4.48. The Balaban J connectivity index is 1.65. The number of amides is 1. The molecule has 0 fully saturated rings. The number of rotatable bonds is 13. The van der Waals surface area contributed by atoms with Gasteiger partial charge in [0.05, 0.1) is 24.2 Å². The first-order valence-electron chi connectivity index (χ1n) is 13.2. The summed E-state index contributed by atoms with van der Waals surface area (Å²) in [6, 6.07) is 16.2. The number of pyridine rings is 1. The van der Waals surface area contributed by atoms with Crippen LogP contribution in [0.25, 0.3) is 11.0 Å². The molecule has 2 heterocycles. The molecule has 0 aliphatic rings. The highest BCUT2D eigenvalue weighted by molar-refractivity contribution is 5.94. The van der Waals surface area contributed by atoms with Crippen LogP contribution in [-0.2, 0) is 19.5 Å². The number of hydrogen-bond acceptors (Lipinski definition) is 6. The van der Waals surface area contributed by atoms with Gasteiger partial charge in [-0.25, -0.2) is 4.98 Å². The van der Waals surface area contributed by atoms with E-state index in [9.17, 15) is 9.90 Å². The molecule has 8 nitrogen and oxygen atoms in total. The number of fused-ring (bicyclic) bond motifs is 1. The summed E-state index contributed by atoms with van der Waals surface area (Å²) in [5.41, 5.74) is 13.3. The Hall–Kier alpha value is -3.91. The second kappa shape index (κ2) is 12.6. The normalized spacial score (nSPS) is 11.2. The van der Waals surface area contributed by atoms with E-state index in [0.29, 0.717) is 31.0 Å². The van der Waals surface area contributed by atoms with Gasteiger partial charge in [-0.3, -0.25) is 9.78 Å². The molecule has 8 heteroatoms. The topological polar surface area (TPSA) is 115 Å². The maximum Gasteiger partial charge on any atom is 0.284 e. The summed E-state index contributed by atoms with van der Waals surface area (Å²) in [6.45, 7) is 7.80. The van der Waals surface area contributed by atoms with E-state index in [2.05, 4.69) is 42.3 Å². The first-order valence-corrected chi connectivity index (χ1v) is 13.2. The van der Waals surface area contributed by atoms with Gasteiger partial charge in [0.15, 0.2) is 5.82 Å². The monoisotopic (exact) mass is 515 g/mol. The maximum absolute atomic E-state index is 12.4. The van der Waals surface area contributed by atoms with E-state index in [1.54, 1.807) is 0 Å². The van der Waals surface area contributed by atoms with Gasteiger partial charge < -0.3 is 25.5 Å². The predicted molar refractivity (Wildman–Crippen MR) is 151 cm³/mol. The largest absolute Gasteiger partial charge is 0.492 e. The van der Waals surface area contributed by atoms with Crippen molar-refractivity contribution in [1.82, 2.24) is 14.5 Å². The van der Waals surface area contributed by atoms with Crippen molar-refractivity contribution < 1.29 is 14.6 Å². The number of unbranched alkanes of at least 4 members (excludes halogenated alkanes) is 1. The Morgan fingerprint density at radius 3 is 2.68 bits per heavy atom. The van der Waals surface area contributed by atoms with Gasteiger partial charge in [-0.15, -0.1) is 0 Å². The number of aliphatic hydroxyl groups is 1. The SMILES string of the molecule is CCCCOc1ccc(C)nc1Cn1c(C(N)=O)nc2ccc(CNc3cc(C)ccc3CCCO)cc21. The minimum atomic E-state index is -0.588. The molecule has 0 spiro atoms. The molecule has 1 amide bonds. The molecule has 4 rings (SSSR count). The van der Waals surface area contributed by atoms with Gasteiger partial charge in [0, 0.05) is 24.5 Å². The molecule has 4 N–H and O–H groups in total. The highest BCUT2D eigenvalue weighted by atomic mass is 16.5. The Morgan fingerprint density at radius 2 is 1.92 bits per heavy atom. The molecule has 0 saturated carbocycles. The van der Waals surface area contributed by atoms with E-state index in [0.717, 1.165) is 53.8 Å². The van der Waals surface area contributed by atoms with E-state index >= 15 is 0 Å². The van der Waals surface area contributed by atoms with E-state index in [-0.39, 0.29) is 12.4 Å². The van der Waals surface area contributed by atoms with Crippen LogP contribution in [0.3, 0.4) is 0 Å². The molecule has 0 bridgehead atoms. The molecular formula is C30H37N5O3. The Morgan fingerprint density at radius 1 is 1.08 bits per heavy atom. The number of nitrogens with two attached hydrogens (primary N) is 1. The number of aromatic nitrogens is 3. The first-order chi connectivity index (χ1) is 18.4. The van der Waals surface area contributed by atoms with Crippen molar-refractivity contribution in [2.24, 2.45) is 5.73 Å². The van der Waals surface area contributed by atoms with Gasteiger partial charge in [-0.1, -0.05) is 31.5 Å². The number of carbonyl (C=O) groups is 1. The number of carbonyl (C=O) groups excluding carboxylic acids is 1. The molecular weight excluding hydrogens is 478 g/mol.